The van der Waals surface area contributed by atoms with Crippen LogP contribution in [0.1, 0.15) is 50.7 Å². The average Bonchev–Trinajstić information content (AvgIpc) is 2.46. The first-order chi connectivity index (χ1) is 9.15. The maximum absolute atomic E-state index is 10.1. The number of methoxy groups -OCH3 is 1. The molecular formula is C16H25NO2. The number of hydrogen-bond acceptors (Lipinski definition) is 3. The van der Waals surface area contributed by atoms with Crippen LogP contribution >= 0.6 is 0 Å². The molecule has 3 nitrogen and oxygen atoms in total. The lowest BCUT2D eigenvalue weighted by Crippen LogP contribution is -2.34. The van der Waals surface area contributed by atoms with Gasteiger partial charge in [0.2, 0.25) is 0 Å². The molecule has 1 aliphatic carbocycles. The number of rotatable bonds is 4. The molecule has 1 aliphatic rings. The number of nitrogens with zero attached hydrogens (tertiary/aromatic N) is 1. The molecule has 0 radical (unpaired) electrons. The van der Waals surface area contributed by atoms with Gasteiger partial charge in [-0.25, -0.2) is 0 Å². The van der Waals surface area contributed by atoms with Crippen LogP contribution in [0, 0.1) is 0 Å². The third-order valence-corrected chi connectivity index (χ3v) is 4.18. The van der Waals surface area contributed by atoms with Crippen LogP contribution in [0.3, 0.4) is 0 Å². The zero-order chi connectivity index (χ0) is 13.8. The predicted octanol–water partition coefficient (Wildman–Crippen LogP) is 3.52. The summed E-state index contributed by atoms with van der Waals surface area (Å²) in [5, 5.41) is 10.1. The first kappa shape index (κ1) is 14.2. The van der Waals surface area contributed by atoms with Crippen LogP contribution in [-0.4, -0.2) is 25.3 Å². The molecule has 0 bridgehead atoms. The van der Waals surface area contributed by atoms with E-state index in [0.717, 1.165) is 17.0 Å². The van der Waals surface area contributed by atoms with Crippen LogP contribution in [0.15, 0.2) is 18.2 Å². The molecule has 0 unspecified atom stereocenters. The molecule has 0 spiro atoms. The first-order valence-corrected chi connectivity index (χ1v) is 7.23. The molecule has 1 aromatic carbocycles. The molecule has 0 aliphatic heterocycles. The van der Waals surface area contributed by atoms with Gasteiger partial charge in [0.25, 0.3) is 0 Å². The van der Waals surface area contributed by atoms with Crippen LogP contribution in [0.2, 0.25) is 0 Å². The zero-order valence-corrected chi connectivity index (χ0v) is 12.2. The fourth-order valence-electron chi connectivity index (χ4n) is 3.10. The topological polar surface area (TPSA) is 32.7 Å². The van der Waals surface area contributed by atoms with Crippen molar-refractivity contribution in [2.45, 2.75) is 51.2 Å². The van der Waals surface area contributed by atoms with Crippen LogP contribution in [0.25, 0.3) is 0 Å². The minimum absolute atomic E-state index is 0.516. The summed E-state index contributed by atoms with van der Waals surface area (Å²) in [5.74, 6) is 0.773. The van der Waals surface area contributed by atoms with Gasteiger partial charge < -0.3 is 14.7 Å². The minimum atomic E-state index is -0.516. The second-order valence-electron chi connectivity index (χ2n) is 5.47. The molecule has 0 saturated heterocycles. The summed E-state index contributed by atoms with van der Waals surface area (Å²) >= 11 is 0. The summed E-state index contributed by atoms with van der Waals surface area (Å²) < 4.78 is 5.40. The first-order valence-electron chi connectivity index (χ1n) is 7.23. The quantitative estimate of drug-likeness (QED) is 0.902. The minimum Gasteiger partial charge on any atom is -0.496 e. The summed E-state index contributed by atoms with van der Waals surface area (Å²) in [6.07, 6.45) is 5.94. The maximum atomic E-state index is 10.1. The molecule has 106 valence electrons. The van der Waals surface area contributed by atoms with Crippen molar-refractivity contribution in [1.29, 1.82) is 0 Å². The lowest BCUT2D eigenvalue weighted by atomic mass is 9.93. The van der Waals surface area contributed by atoms with Gasteiger partial charge in [-0.2, -0.15) is 0 Å². The molecular weight excluding hydrogens is 238 g/mol. The summed E-state index contributed by atoms with van der Waals surface area (Å²) in [6, 6.07) is 6.58. The summed E-state index contributed by atoms with van der Waals surface area (Å²) in [6.45, 7) is 1.80. The molecule has 1 N–H and O–H groups in total. The molecule has 1 atom stereocenters. The van der Waals surface area contributed by atoms with Crippen molar-refractivity contribution in [2.24, 2.45) is 0 Å². The van der Waals surface area contributed by atoms with Crippen molar-refractivity contribution in [3.05, 3.63) is 23.8 Å². The number of anilines is 1. The van der Waals surface area contributed by atoms with Gasteiger partial charge in [-0.3, -0.25) is 0 Å². The largest absolute Gasteiger partial charge is 0.496 e. The van der Waals surface area contributed by atoms with Gasteiger partial charge in [-0.1, -0.05) is 25.3 Å². The average molecular weight is 263 g/mol. The van der Waals surface area contributed by atoms with E-state index in [-0.39, 0.29) is 0 Å². The highest BCUT2D eigenvalue weighted by molar-refractivity contribution is 5.60. The van der Waals surface area contributed by atoms with E-state index < -0.39 is 6.10 Å². The lowest BCUT2D eigenvalue weighted by molar-refractivity contribution is 0.194. The molecule has 19 heavy (non-hydrogen) atoms. The third kappa shape index (κ3) is 3.03. The monoisotopic (exact) mass is 263 g/mol. The Balaban J connectivity index is 2.32. The molecule has 0 amide bonds. The number of hydrogen-bond donors (Lipinski definition) is 1. The molecule has 1 fully saturated rings. The Morgan fingerprint density at radius 3 is 2.53 bits per heavy atom. The van der Waals surface area contributed by atoms with E-state index in [1.165, 1.54) is 32.1 Å². The SMILES string of the molecule is COc1cccc(N(C)C2CCCCC2)c1[C@H](C)O. The highest BCUT2D eigenvalue weighted by atomic mass is 16.5. The summed E-state index contributed by atoms with van der Waals surface area (Å²) in [4.78, 5) is 2.32. The summed E-state index contributed by atoms with van der Waals surface area (Å²) in [7, 11) is 3.79. The van der Waals surface area contributed by atoms with Gasteiger partial charge in [0.15, 0.2) is 0 Å². The van der Waals surface area contributed by atoms with Crippen LogP contribution in [-0.2, 0) is 0 Å². The van der Waals surface area contributed by atoms with E-state index in [2.05, 4.69) is 18.0 Å². The van der Waals surface area contributed by atoms with Gasteiger partial charge >= 0.3 is 0 Å². The van der Waals surface area contributed by atoms with Crippen LogP contribution in [0.4, 0.5) is 5.69 Å². The van der Waals surface area contributed by atoms with E-state index in [4.69, 9.17) is 4.74 Å². The van der Waals surface area contributed by atoms with Crippen molar-refractivity contribution in [1.82, 2.24) is 0 Å². The Morgan fingerprint density at radius 2 is 1.95 bits per heavy atom. The lowest BCUT2D eigenvalue weighted by Gasteiger charge is -2.35. The molecule has 1 aromatic rings. The van der Waals surface area contributed by atoms with E-state index in [1.807, 2.05) is 12.1 Å². The van der Waals surface area contributed by atoms with Crippen molar-refractivity contribution in [2.75, 3.05) is 19.1 Å². The van der Waals surface area contributed by atoms with Crippen molar-refractivity contribution >= 4 is 5.69 Å². The Bertz CT molecular complexity index is 411. The highest BCUT2D eigenvalue weighted by Crippen LogP contribution is 2.36. The van der Waals surface area contributed by atoms with E-state index >= 15 is 0 Å². The zero-order valence-electron chi connectivity index (χ0n) is 12.2. The van der Waals surface area contributed by atoms with E-state index in [0.29, 0.717) is 6.04 Å². The van der Waals surface area contributed by atoms with Crippen molar-refractivity contribution in [3.63, 3.8) is 0 Å². The fraction of sp³-hybridized carbons (Fsp3) is 0.625. The maximum Gasteiger partial charge on any atom is 0.126 e. The second-order valence-corrected chi connectivity index (χ2v) is 5.47. The Kier molecular flexibility index (Phi) is 4.70. The Hall–Kier alpha value is -1.22. The van der Waals surface area contributed by atoms with Crippen LogP contribution in [0.5, 0.6) is 5.75 Å². The van der Waals surface area contributed by atoms with Gasteiger partial charge in [0.1, 0.15) is 5.75 Å². The number of ether oxygens (including phenoxy) is 1. The second kappa shape index (κ2) is 6.29. The summed E-state index contributed by atoms with van der Waals surface area (Å²) in [5.41, 5.74) is 2.00. The number of aliphatic hydroxyl groups is 1. The van der Waals surface area contributed by atoms with E-state index in [9.17, 15) is 5.11 Å². The van der Waals surface area contributed by atoms with Crippen molar-refractivity contribution < 1.29 is 9.84 Å². The van der Waals surface area contributed by atoms with E-state index in [1.54, 1.807) is 14.0 Å². The predicted molar refractivity (Wildman–Crippen MR) is 78.9 cm³/mol. The Morgan fingerprint density at radius 1 is 1.26 bits per heavy atom. The molecule has 2 rings (SSSR count). The third-order valence-electron chi connectivity index (χ3n) is 4.18. The standard InChI is InChI=1S/C16H25NO2/c1-12(18)16-14(10-7-11-15(16)19-3)17(2)13-8-5-4-6-9-13/h7,10-13,18H,4-6,8-9H2,1-3H3/t12-/m0/s1. The van der Waals surface area contributed by atoms with Gasteiger partial charge in [0.05, 0.1) is 13.2 Å². The van der Waals surface area contributed by atoms with Crippen LogP contribution < -0.4 is 9.64 Å². The normalized spacial score (nSPS) is 18.1. The van der Waals surface area contributed by atoms with Gasteiger partial charge in [-0.15, -0.1) is 0 Å². The highest BCUT2D eigenvalue weighted by Gasteiger charge is 2.23. The van der Waals surface area contributed by atoms with Crippen molar-refractivity contribution in [3.8, 4) is 5.75 Å². The van der Waals surface area contributed by atoms with Gasteiger partial charge in [-0.05, 0) is 31.9 Å². The van der Waals surface area contributed by atoms with Gasteiger partial charge in [0, 0.05) is 24.3 Å². The fourth-order valence-corrected chi connectivity index (χ4v) is 3.10. The molecule has 1 saturated carbocycles. The molecule has 3 heteroatoms. The smallest absolute Gasteiger partial charge is 0.126 e. The number of benzene rings is 1. The number of aliphatic hydroxyl groups excluding tert-OH is 1. The Labute approximate surface area is 116 Å². The molecule has 0 heterocycles. The molecule has 0 aromatic heterocycles.